The number of hydrogen-bond donors (Lipinski definition) is 1. The summed E-state index contributed by atoms with van der Waals surface area (Å²) in [4.78, 5) is 24.9. The molecule has 3 aromatic rings. The van der Waals surface area contributed by atoms with Crippen molar-refractivity contribution in [3.8, 4) is 17.2 Å². The normalized spacial score (nSPS) is 14.7. The molecule has 0 bridgehead atoms. The van der Waals surface area contributed by atoms with E-state index in [1.54, 1.807) is 30.3 Å². The Labute approximate surface area is 204 Å². The van der Waals surface area contributed by atoms with Crippen molar-refractivity contribution in [1.29, 1.82) is 0 Å². The van der Waals surface area contributed by atoms with Gasteiger partial charge in [-0.25, -0.2) is 14.6 Å². The third-order valence-electron chi connectivity index (χ3n) is 4.47. The molecule has 0 fully saturated rings. The average Bonchev–Trinajstić information content (AvgIpc) is 2.80. The molecule has 0 saturated heterocycles. The summed E-state index contributed by atoms with van der Waals surface area (Å²) in [6.45, 7) is 0.0390. The van der Waals surface area contributed by atoms with Crippen molar-refractivity contribution in [3.05, 3.63) is 86.6 Å². The van der Waals surface area contributed by atoms with Gasteiger partial charge in [-0.2, -0.15) is 5.10 Å². The first-order valence-electron chi connectivity index (χ1n) is 9.59. The van der Waals surface area contributed by atoms with E-state index < -0.39 is 23.8 Å². The number of carbonyl (C=O) groups excluding carboxylic acids is 2. The highest BCUT2D eigenvalue weighted by Gasteiger charge is 2.27. The molecule has 1 atom stereocenters. The number of carbonyl (C=O) groups is 2. The average molecular weight is 578 g/mol. The molecule has 0 spiro atoms. The van der Waals surface area contributed by atoms with E-state index in [0.29, 0.717) is 26.0 Å². The lowest BCUT2D eigenvalue weighted by atomic mass is 10.2. The molecule has 0 unspecified atom stereocenters. The van der Waals surface area contributed by atoms with Crippen molar-refractivity contribution >= 4 is 50.0 Å². The van der Waals surface area contributed by atoms with Gasteiger partial charge in [0, 0.05) is 10.0 Å². The Bertz CT molecular complexity index is 1250. The molecule has 1 N–H and O–H groups in total. The second-order valence-electron chi connectivity index (χ2n) is 6.80. The van der Waals surface area contributed by atoms with E-state index in [9.17, 15) is 14.0 Å². The first kappa shape index (κ1) is 22.9. The standard InChI is InChI=1S/C23H15Br2FN2O5/c24-15-8-14(21(17(25)10-15)33-23(30)13-4-3-5-16(26)9-13)11-27-28-22(29)20-12-31-18-6-1-2-7-19(18)32-20/h1-11,20H,12H2,(H,28,29)/b27-11-/t20-/m1/s1. The van der Waals surface area contributed by atoms with Gasteiger partial charge < -0.3 is 14.2 Å². The van der Waals surface area contributed by atoms with Gasteiger partial charge in [0.15, 0.2) is 17.2 Å². The van der Waals surface area contributed by atoms with Gasteiger partial charge in [-0.1, -0.05) is 34.1 Å². The minimum absolute atomic E-state index is 0.0390. The van der Waals surface area contributed by atoms with E-state index >= 15 is 0 Å². The number of hydrazone groups is 1. The topological polar surface area (TPSA) is 86.2 Å². The zero-order valence-electron chi connectivity index (χ0n) is 16.8. The summed E-state index contributed by atoms with van der Waals surface area (Å²) in [6.07, 6.45) is 0.441. The van der Waals surface area contributed by atoms with Gasteiger partial charge in [0.05, 0.1) is 16.3 Å². The number of esters is 1. The lowest BCUT2D eigenvalue weighted by molar-refractivity contribution is -0.130. The Morgan fingerprint density at radius 1 is 1.09 bits per heavy atom. The van der Waals surface area contributed by atoms with Crippen LogP contribution in [0.3, 0.4) is 0 Å². The maximum Gasteiger partial charge on any atom is 0.343 e. The van der Waals surface area contributed by atoms with Gasteiger partial charge in [-0.3, -0.25) is 4.79 Å². The Morgan fingerprint density at radius 3 is 2.67 bits per heavy atom. The van der Waals surface area contributed by atoms with Gasteiger partial charge in [0.1, 0.15) is 12.4 Å². The first-order valence-corrected chi connectivity index (χ1v) is 11.2. The predicted molar refractivity (Wildman–Crippen MR) is 125 cm³/mol. The number of nitrogens with one attached hydrogen (secondary N) is 1. The van der Waals surface area contributed by atoms with Crippen LogP contribution in [0.2, 0.25) is 0 Å². The Morgan fingerprint density at radius 2 is 1.88 bits per heavy atom. The molecule has 1 heterocycles. The number of ether oxygens (including phenoxy) is 3. The fourth-order valence-corrected chi connectivity index (χ4v) is 4.28. The second kappa shape index (κ2) is 10.1. The molecule has 1 amide bonds. The highest BCUT2D eigenvalue weighted by molar-refractivity contribution is 9.11. The maximum atomic E-state index is 13.5. The monoisotopic (exact) mass is 576 g/mol. The number of nitrogens with zero attached hydrogens (tertiary/aromatic N) is 1. The minimum Gasteiger partial charge on any atom is -0.485 e. The number of benzene rings is 3. The number of hydrogen-bond acceptors (Lipinski definition) is 6. The van der Waals surface area contributed by atoms with Crippen LogP contribution in [0.15, 0.2) is 74.7 Å². The Balaban J connectivity index is 1.47. The highest BCUT2D eigenvalue weighted by atomic mass is 79.9. The van der Waals surface area contributed by atoms with Gasteiger partial charge in [-0.15, -0.1) is 0 Å². The molecule has 7 nitrogen and oxygen atoms in total. The van der Waals surface area contributed by atoms with E-state index in [1.807, 2.05) is 6.07 Å². The van der Waals surface area contributed by atoms with Crippen molar-refractivity contribution < 1.29 is 28.2 Å². The molecule has 1 aliphatic heterocycles. The lowest BCUT2D eigenvalue weighted by Gasteiger charge is -2.24. The first-order chi connectivity index (χ1) is 15.9. The lowest BCUT2D eigenvalue weighted by Crippen LogP contribution is -2.42. The predicted octanol–water partition coefficient (Wildman–Crippen LogP) is 4.86. The third kappa shape index (κ3) is 5.58. The van der Waals surface area contributed by atoms with E-state index in [0.717, 1.165) is 6.07 Å². The van der Waals surface area contributed by atoms with Crippen molar-refractivity contribution in [2.24, 2.45) is 5.10 Å². The van der Waals surface area contributed by atoms with Crippen molar-refractivity contribution in [1.82, 2.24) is 5.43 Å². The van der Waals surface area contributed by atoms with Crippen molar-refractivity contribution in [3.63, 3.8) is 0 Å². The van der Waals surface area contributed by atoms with Crippen LogP contribution < -0.4 is 19.6 Å². The summed E-state index contributed by atoms with van der Waals surface area (Å²) in [5, 5.41) is 3.96. The quantitative estimate of drug-likeness (QED) is 0.203. The van der Waals surface area contributed by atoms with Crippen LogP contribution in [0.5, 0.6) is 17.2 Å². The molecule has 168 valence electrons. The molecule has 4 rings (SSSR count). The zero-order valence-corrected chi connectivity index (χ0v) is 19.9. The maximum absolute atomic E-state index is 13.5. The van der Waals surface area contributed by atoms with E-state index in [2.05, 4.69) is 42.4 Å². The Kier molecular flexibility index (Phi) is 7.05. The number of para-hydroxylation sites is 2. The van der Waals surface area contributed by atoms with Crippen LogP contribution >= 0.6 is 31.9 Å². The largest absolute Gasteiger partial charge is 0.485 e. The van der Waals surface area contributed by atoms with E-state index in [-0.39, 0.29) is 17.9 Å². The summed E-state index contributed by atoms with van der Waals surface area (Å²) in [7, 11) is 0. The van der Waals surface area contributed by atoms with E-state index in [4.69, 9.17) is 14.2 Å². The van der Waals surface area contributed by atoms with Gasteiger partial charge in [-0.05, 0) is 58.4 Å². The highest BCUT2D eigenvalue weighted by Crippen LogP contribution is 2.33. The van der Waals surface area contributed by atoms with Gasteiger partial charge >= 0.3 is 5.97 Å². The molecule has 33 heavy (non-hydrogen) atoms. The summed E-state index contributed by atoms with van der Waals surface area (Å²) in [5.74, 6) is -0.628. The number of fused-ring (bicyclic) bond motifs is 1. The smallest absolute Gasteiger partial charge is 0.343 e. The second-order valence-corrected chi connectivity index (χ2v) is 8.57. The fourth-order valence-electron chi connectivity index (χ4n) is 2.94. The van der Waals surface area contributed by atoms with Crippen LogP contribution in [0.25, 0.3) is 0 Å². The molecular formula is C23H15Br2FN2O5. The van der Waals surface area contributed by atoms with Crippen LogP contribution in [0.1, 0.15) is 15.9 Å². The van der Waals surface area contributed by atoms with Gasteiger partial charge in [0.25, 0.3) is 5.91 Å². The van der Waals surface area contributed by atoms with Crippen LogP contribution in [-0.4, -0.2) is 30.8 Å². The molecule has 0 saturated carbocycles. The van der Waals surface area contributed by atoms with Crippen LogP contribution in [-0.2, 0) is 4.79 Å². The van der Waals surface area contributed by atoms with Crippen molar-refractivity contribution in [2.45, 2.75) is 6.10 Å². The third-order valence-corrected chi connectivity index (χ3v) is 5.52. The molecular weight excluding hydrogens is 563 g/mol. The van der Waals surface area contributed by atoms with Crippen LogP contribution in [0.4, 0.5) is 4.39 Å². The van der Waals surface area contributed by atoms with Crippen LogP contribution in [0, 0.1) is 5.82 Å². The Hall–Kier alpha value is -3.24. The SMILES string of the molecule is O=C(Oc1c(Br)cc(Br)cc1/C=N\NC(=O)[C@H]1COc2ccccc2O1)c1cccc(F)c1. The molecule has 0 aromatic heterocycles. The van der Waals surface area contributed by atoms with Crippen molar-refractivity contribution in [2.75, 3.05) is 6.61 Å². The molecule has 3 aromatic carbocycles. The van der Waals surface area contributed by atoms with Gasteiger partial charge in [0.2, 0.25) is 6.10 Å². The zero-order chi connectivity index (χ0) is 23.4. The fraction of sp³-hybridized carbons (Fsp3) is 0.0870. The molecule has 10 heteroatoms. The van der Waals surface area contributed by atoms with E-state index in [1.165, 1.54) is 24.4 Å². The summed E-state index contributed by atoms with van der Waals surface area (Å²) in [6, 6.07) is 15.5. The summed E-state index contributed by atoms with van der Waals surface area (Å²) >= 11 is 6.71. The molecule has 0 radical (unpaired) electrons. The number of amides is 1. The minimum atomic E-state index is -0.878. The number of halogens is 3. The summed E-state index contributed by atoms with van der Waals surface area (Å²) < 4.78 is 31.2. The number of rotatable bonds is 5. The summed E-state index contributed by atoms with van der Waals surface area (Å²) in [5.41, 5.74) is 2.83. The molecule has 1 aliphatic rings. The molecule has 0 aliphatic carbocycles.